The highest BCUT2D eigenvalue weighted by Gasteiger charge is 2.12. The molecule has 5 aromatic rings. The number of nitrogens with zero attached hydrogens (tertiary/aromatic N) is 3. The second-order valence-corrected chi connectivity index (χ2v) is 6.28. The summed E-state index contributed by atoms with van der Waals surface area (Å²) >= 11 is 0. The molecule has 0 aliphatic carbocycles. The lowest BCUT2D eigenvalue weighted by Gasteiger charge is -2.08. The maximum Gasteiger partial charge on any atom is 0.0934 e. The van der Waals surface area contributed by atoms with Gasteiger partial charge in [-0.3, -0.25) is 0 Å². The Morgan fingerprint density at radius 3 is 2.32 bits per heavy atom. The summed E-state index contributed by atoms with van der Waals surface area (Å²) in [5.74, 6) is 0. The van der Waals surface area contributed by atoms with Crippen LogP contribution in [-0.4, -0.2) is 14.0 Å². The van der Waals surface area contributed by atoms with Crippen LogP contribution in [0.3, 0.4) is 0 Å². The third kappa shape index (κ3) is 2.41. The Morgan fingerprint density at radius 1 is 0.760 bits per heavy atom. The minimum atomic E-state index is 0.849. The molecule has 0 N–H and O–H groups in total. The predicted molar refractivity (Wildman–Crippen MR) is 101 cm³/mol. The number of aromatic nitrogens is 3. The molecule has 0 saturated heterocycles. The molecule has 0 bridgehead atoms. The smallest absolute Gasteiger partial charge is 0.0934 e. The molecule has 3 aromatic heterocycles. The number of hydrogen-bond acceptors (Lipinski definition) is 1. The third-order valence-corrected chi connectivity index (χ3v) is 4.61. The molecule has 25 heavy (non-hydrogen) atoms. The highest BCUT2D eigenvalue weighted by atomic mass is 15.2. The van der Waals surface area contributed by atoms with Crippen LogP contribution in [0.25, 0.3) is 22.3 Å². The minimum Gasteiger partial charge on any atom is -0.320 e. The second-order valence-electron chi connectivity index (χ2n) is 6.28. The summed E-state index contributed by atoms with van der Waals surface area (Å²) in [6, 6.07) is 27.3. The van der Waals surface area contributed by atoms with Crippen LogP contribution >= 0.6 is 0 Å². The summed E-state index contributed by atoms with van der Waals surface area (Å²) < 4.78 is 4.27. The van der Waals surface area contributed by atoms with E-state index >= 15 is 0 Å². The van der Waals surface area contributed by atoms with Crippen LogP contribution in [0, 0.1) is 0 Å². The molecule has 5 rings (SSSR count). The van der Waals surface area contributed by atoms with Crippen molar-refractivity contribution in [3.63, 3.8) is 0 Å². The van der Waals surface area contributed by atoms with E-state index in [-0.39, 0.29) is 0 Å². The zero-order chi connectivity index (χ0) is 16.6. The fraction of sp³-hybridized carbons (Fsp3) is 0.0455. The summed E-state index contributed by atoms with van der Waals surface area (Å²) in [6.45, 7) is 0. The van der Waals surface area contributed by atoms with Gasteiger partial charge in [0, 0.05) is 24.4 Å². The first-order valence-electron chi connectivity index (χ1n) is 8.46. The average molecular weight is 323 g/mol. The van der Waals surface area contributed by atoms with Crippen LogP contribution in [-0.2, 0) is 6.42 Å². The van der Waals surface area contributed by atoms with Crippen molar-refractivity contribution in [2.75, 3.05) is 0 Å². The normalized spacial score (nSPS) is 11.4. The quantitative estimate of drug-likeness (QED) is 0.465. The van der Waals surface area contributed by atoms with Crippen LogP contribution in [0.2, 0.25) is 0 Å². The topological polar surface area (TPSA) is 21.7 Å². The fourth-order valence-electron chi connectivity index (χ4n) is 3.40. The third-order valence-electron chi connectivity index (χ3n) is 4.61. The van der Waals surface area contributed by atoms with Crippen molar-refractivity contribution in [1.82, 2.24) is 14.0 Å². The van der Waals surface area contributed by atoms with Gasteiger partial charge in [0.1, 0.15) is 0 Å². The standard InChI is InChI=1S/C22H17N3/c1-3-8-17(9-4-1)14-19-16-24-13-7-12-21(24)22-15-20(23-25(19)22)18-10-5-2-6-11-18/h1-13,15-16H,14H2. The van der Waals surface area contributed by atoms with Gasteiger partial charge in [-0.1, -0.05) is 60.7 Å². The molecule has 0 fully saturated rings. The average Bonchev–Trinajstić information content (AvgIpc) is 3.30. The maximum atomic E-state index is 4.91. The first-order valence-corrected chi connectivity index (χ1v) is 8.46. The van der Waals surface area contributed by atoms with E-state index in [2.05, 4.69) is 94.1 Å². The SMILES string of the molecule is c1ccc(Cc2cn3cccc3c3cc(-c4ccccc4)nn23)cc1. The van der Waals surface area contributed by atoms with Gasteiger partial charge < -0.3 is 4.40 Å². The van der Waals surface area contributed by atoms with Crippen molar-refractivity contribution in [2.24, 2.45) is 0 Å². The number of fused-ring (bicyclic) bond motifs is 3. The lowest BCUT2D eigenvalue weighted by Crippen LogP contribution is -2.03. The number of benzene rings is 2. The second kappa shape index (κ2) is 5.64. The van der Waals surface area contributed by atoms with Gasteiger partial charge in [0.05, 0.1) is 22.4 Å². The Balaban J connectivity index is 1.74. The zero-order valence-electron chi connectivity index (χ0n) is 13.7. The Labute approximate surface area is 145 Å². The highest BCUT2D eigenvalue weighted by Crippen LogP contribution is 2.24. The number of rotatable bonds is 3. The van der Waals surface area contributed by atoms with Crippen LogP contribution in [0.15, 0.2) is 91.3 Å². The van der Waals surface area contributed by atoms with E-state index in [0.717, 1.165) is 23.2 Å². The lowest BCUT2D eigenvalue weighted by atomic mass is 10.1. The van der Waals surface area contributed by atoms with Crippen molar-refractivity contribution in [2.45, 2.75) is 6.42 Å². The Kier molecular flexibility index (Phi) is 3.17. The van der Waals surface area contributed by atoms with E-state index in [1.807, 2.05) is 6.07 Å². The summed E-state index contributed by atoms with van der Waals surface area (Å²) in [5.41, 5.74) is 6.91. The summed E-state index contributed by atoms with van der Waals surface area (Å²) in [7, 11) is 0. The van der Waals surface area contributed by atoms with Gasteiger partial charge in [-0.05, 0) is 23.8 Å². The van der Waals surface area contributed by atoms with Crippen LogP contribution in [0.1, 0.15) is 11.3 Å². The van der Waals surface area contributed by atoms with Gasteiger partial charge in [-0.25, -0.2) is 4.52 Å². The van der Waals surface area contributed by atoms with E-state index < -0.39 is 0 Å². The van der Waals surface area contributed by atoms with Gasteiger partial charge in [-0.15, -0.1) is 0 Å². The number of hydrogen-bond donors (Lipinski definition) is 0. The van der Waals surface area contributed by atoms with Crippen LogP contribution in [0.4, 0.5) is 0 Å². The van der Waals surface area contributed by atoms with Gasteiger partial charge in [0.2, 0.25) is 0 Å². The van der Waals surface area contributed by atoms with Crippen molar-refractivity contribution >= 4 is 11.0 Å². The molecular formula is C22H17N3. The molecule has 0 atom stereocenters. The molecule has 0 radical (unpaired) electrons. The highest BCUT2D eigenvalue weighted by molar-refractivity contribution is 5.80. The maximum absolute atomic E-state index is 4.91. The molecule has 0 aliphatic rings. The lowest BCUT2D eigenvalue weighted by molar-refractivity contribution is 0.864. The predicted octanol–water partition coefficient (Wildman–Crippen LogP) is 4.84. The monoisotopic (exact) mass is 323 g/mol. The molecule has 0 aliphatic heterocycles. The molecular weight excluding hydrogens is 306 g/mol. The first kappa shape index (κ1) is 14.1. The molecule has 120 valence electrons. The molecule has 0 amide bonds. The van der Waals surface area contributed by atoms with E-state index in [9.17, 15) is 0 Å². The molecule has 3 nitrogen and oxygen atoms in total. The molecule has 3 heterocycles. The van der Waals surface area contributed by atoms with Crippen molar-refractivity contribution in [3.8, 4) is 11.3 Å². The molecule has 0 spiro atoms. The van der Waals surface area contributed by atoms with Crippen LogP contribution in [0.5, 0.6) is 0 Å². The van der Waals surface area contributed by atoms with E-state index in [1.165, 1.54) is 16.8 Å². The van der Waals surface area contributed by atoms with Crippen molar-refractivity contribution < 1.29 is 0 Å². The van der Waals surface area contributed by atoms with Gasteiger partial charge in [-0.2, -0.15) is 5.10 Å². The van der Waals surface area contributed by atoms with Crippen LogP contribution < -0.4 is 0 Å². The van der Waals surface area contributed by atoms with Gasteiger partial charge in [0.25, 0.3) is 0 Å². The summed E-state index contributed by atoms with van der Waals surface area (Å²) in [6.07, 6.45) is 5.12. The zero-order valence-corrected chi connectivity index (χ0v) is 13.7. The molecule has 2 aromatic carbocycles. The van der Waals surface area contributed by atoms with Gasteiger partial charge >= 0.3 is 0 Å². The molecule has 0 unspecified atom stereocenters. The summed E-state index contributed by atoms with van der Waals surface area (Å²) in [5, 5.41) is 4.91. The van der Waals surface area contributed by atoms with Crippen molar-refractivity contribution in [3.05, 3.63) is 103 Å². The summed E-state index contributed by atoms with van der Waals surface area (Å²) in [4.78, 5) is 0. The Hall–Kier alpha value is -3.33. The van der Waals surface area contributed by atoms with Gasteiger partial charge in [0.15, 0.2) is 0 Å². The Morgan fingerprint density at radius 2 is 1.52 bits per heavy atom. The molecule has 0 saturated carbocycles. The van der Waals surface area contributed by atoms with Crippen molar-refractivity contribution in [1.29, 1.82) is 0 Å². The minimum absolute atomic E-state index is 0.849. The van der Waals surface area contributed by atoms with E-state index in [0.29, 0.717) is 0 Å². The Bertz CT molecular complexity index is 1150. The first-order chi connectivity index (χ1) is 12.4. The fourth-order valence-corrected chi connectivity index (χ4v) is 3.40. The van der Waals surface area contributed by atoms with E-state index in [4.69, 9.17) is 5.10 Å². The van der Waals surface area contributed by atoms with E-state index in [1.54, 1.807) is 0 Å². The molecule has 3 heteroatoms. The largest absolute Gasteiger partial charge is 0.320 e.